The van der Waals surface area contributed by atoms with Gasteiger partial charge in [-0.3, -0.25) is 4.79 Å². The van der Waals surface area contributed by atoms with E-state index in [1.165, 1.54) is 7.11 Å². The average molecular weight is 171 g/mol. The monoisotopic (exact) mass is 171 g/mol. The zero-order valence-corrected chi connectivity index (χ0v) is 7.26. The van der Waals surface area contributed by atoms with Crippen molar-refractivity contribution in [2.24, 2.45) is 5.41 Å². The second-order valence-electron chi connectivity index (χ2n) is 3.04. The fraction of sp³-hybridized carbons (Fsp3) is 0.625. The first kappa shape index (κ1) is 9.06. The standard InChI is InChI=1S/C8H13NO3/c1-8(7(11)12-2)5-9-4-3-6(8)10/h3,9-10H,4-5H2,1-2H3. The Labute approximate surface area is 71.2 Å². The van der Waals surface area contributed by atoms with E-state index in [4.69, 9.17) is 0 Å². The predicted molar refractivity (Wildman–Crippen MR) is 43.7 cm³/mol. The molecule has 12 heavy (non-hydrogen) atoms. The summed E-state index contributed by atoms with van der Waals surface area (Å²) in [5, 5.41) is 12.4. The zero-order valence-electron chi connectivity index (χ0n) is 7.26. The molecule has 0 saturated heterocycles. The molecule has 2 N–H and O–H groups in total. The number of esters is 1. The van der Waals surface area contributed by atoms with Crippen LogP contribution in [0.25, 0.3) is 0 Å². The predicted octanol–water partition coefficient (Wildman–Crippen LogP) is 0.211. The van der Waals surface area contributed by atoms with Crippen LogP contribution in [-0.2, 0) is 9.53 Å². The van der Waals surface area contributed by atoms with Crippen LogP contribution in [0.2, 0.25) is 0 Å². The maximum absolute atomic E-state index is 11.2. The number of carbonyl (C=O) groups is 1. The first-order chi connectivity index (χ1) is 5.61. The molecule has 1 aliphatic rings. The molecule has 0 amide bonds. The summed E-state index contributed by atoms with van der Waals surface area (Å²) in [6.45, 7) is 2.66. The van der Waals surface area contributed by atoms with Gasteiger partial charge in [-0.25, -0.2) is 0 Å². The van der Waals surface area contributed by atoms with Crippen molar-refractivity contribution in [1.82, 2.24) is 5.32 Å². The first-order valence-corrected chi connectivity index (χ1v) is 3.80. The quantitative estimate of drug-likeness (QED) is 0.554. The molecule has 0 aliphatic carbocycles. The van der Waals surface area contributed by atoms with E-state index in [0.29, 0.717) is 13.1 Å². The lowest BCUT2D eigenvalue weighted by Gasteiger charge is -2.29. The van der Waals surface area contributed by atoms with Crippen molar-refractivity contribution in [2.45, 2.75) is 6.92 Å². The van der Waals surface area contributed by atoms with Crippen LogP contribution in [-0.4, -0.2) is 31.3 Å². The van der Waals surface area contributed by atoms with Crippen molar-refractivity contribution < 1.29 is 14.6 Å². The molecule has 68 valence electrons. The summed E-state index contributed by atoms with van der Waals surface area (Å²) in [6, 6.07) is 0. The first-order valence-electron chi connectivity index (χ1n) is 3.80. The summed E-state index contributed by atoms with van der Waals surface area (Å²) >= 11 is 0. The van der Waals surface area contributed by atoms with Gasteiger partial charge >= 0.3 is 5.97 Å². The highest BCUT2D eigenvalue weighted by atomic mass is 16.5. The molecule has 0 radical (unpaired) electrons. The Kier molecular flexibility index (Phi) is 2.38. The van der Waals surface area contributed by atoms with Crippen LogP contribution in [0.1, 0.15) is 6.92 Å². The lowest BCUT2D eigenvalue weighted by molar-refractivity contribution is -0.151. The largest absolute Gasteiger partial charge is 0.511 e. The SMILES string of the molecule is COC(=O)C1(C)CNCC=C1O. The minimum atomic E-state index is -0.910. The maximum Gasteiger partial charge on any atom is 0.320 e. The molecule has 0 aromatic rings. The second kappa shape index (κ2) is 3.15. The van der Waals surface area contributed by atoms with Crippen molar-refractivity contribution >= 4 is 5.97 Å². The highest BCUT2D eigenvalue weighted by Crippen LogP contribution is 2.27. The van der Waals surface area contributed by atoms with Crippen molar-refractivity contribution in [3.63, 3.8) is 0 Å². The van der Waals surface area contributed by atoms with Gasteiger partial charge in [0.15, 0.2) is 0 Å². The van der Waals surface area contributed by atoms with Gasteiger partial charge in [0, 0.05) is 13.1 Å². The normalized spacial score (nSPS) is 29.3. The lowest BCUT2D eigenvalue weighted by Crippen LogP contribution is -2.44. The van der Waals surface area contributed by atoms with Gasteiger partial charge in [-0.1, -0.05) is 0 Å². The lowest BCUT2D eigenvalue weighted by atomic mass is 9.86. The number of aliphatic hydroxyl groups excluding tert-OH is 1. The molecular weight excluding hydrogens is 158 g/mol. The van der Waals surface area contributed by atoms with Gasteiger partial charge in [-0.2, -0.15) is 0 Å². The van der Waals surface area contributed by atoms with Crippen molar-refractivity contribution in [3.05, 3.63) is 11.8 Å². The van der Waals surface area contributed by atoms with E-state index >= 15 is 0 Å². The topological polar surface area (TPSA) is 58.6 Å². The van der Waals surface area contributed by atoms with Crippen LogP contribution in [0.15, 0.2) is 11.8 Å². The fourth-order valence-corrected chi connectivity index (χ4v) is 1.21. The Morgan fingerprint density at radius 1 is 1.83 bits per heavy atom. The third kappa shape index (κ3) is 1.30. The van der Waals surface area contributed by atoms with Crippen LogP contribution in [0.4, 0.5) is 0 Å². The summed E-state index contributed by atoms with van der Waals surface area (Å²) in [6.07, 6.45) is 1.58. The van der Waals surface area contributed by atoms with Crippen LogP contribution in [0.5, 0.6) is 0 Å². The molecule has 1 aliphatic heterocycles. The van der Waals surface area contributed by atoms with Crippen molar-refractivity contribution in [3.8, 4) is 0 Å². The van der Waals surface area contributed by atoms with Gasteiger partial charge in [0.1, 0.15) is 11.2 Å². The number of ether oxygens (including phenoxy) is 1. The Morgan fingerprint density at radius 2 is 2.50 bits per heavy atom. The highest BCUT2D eigenvalue weighted by molar-refractivity contribution is 5.80. The van der Waals surface area contributed by atoms with Crippen LogP contribution in [0, 0.1) is 5.41 Å². The summed E-state index contributed by atoms with van der Waals surface area (Å²) in [5.74, 6) is -0.323. The number of methoxy groups -OCH3 is 1. The fourth-order valence-electron chi connectivity index (χ4n) is 1.21. The second-order valence-corrected chi connectivity index (χ2v) is 3.04. The van der Waals surface area contributed by atoms with Crippen LogP contribution in [0.3, 0.4) is 0 Å². The average Bonchev–Trinajstić information content (AvgIpc) is 2.09. The third-order valence-electron chi connectivity index (χ3n) is 2.12. The number of nitrogens with one attached hydrogen (secondary N) is 1. The Balaban J connectivity index is 2.88. The van der Waals surface area contributed by atoms with Gasteiger partial charge in [0.2, 0.25) is 0 Å². The molecule has 0 saturated carbocycles. The minimum absolute atomic E-state index is 0.0908. The highest BCUT2D eigenvalue weighted by Gasteiger charge is 2.39. The van der Waals surface area contributed by atoms with Gasteiger partial charge in [-0.05, 0) is 13.0 Å². The summed E-state index contributed by atoms with van der Waals surface area (Å²) in [7, 11) is 1.31. The number of rotatable bonds is 1. The Morgan fingerprint density at radius 3 is 3.00 bits per heavy atom. The molecule has 1 unspecified atom stereocenters. The van der Waals surface area contributed by atoms with E-state index in [1.807, 2.05) is 0 Å². The van der Waals surface area contributed by atoms with Crippen molar-refractivity contribution in [1.29, 1.82) is 0 Å². The summed E-state index contributed by atoms with van der Waals surface area (Å²) < 4.78 is 4.58. The molecule has 1 rings (SSSR count). The minimum Gasteiger partial charge on any atom is -0.511 e. The molecule has 0 aromatic heterocycles. The number of hydrogen-bond donors (Lipinski definition) is 2. The number of aliphatic hydroxyl groups is 1. The summed E-state index contributed by atoms with van der Waals surface area (Å²) in [4.78, 5) is 11.2. The molecule has 4 heteroatoms. The molecule has 1 atom stereocenters. The molecule has 0 spiro atoms. The van der Waals surface area contributed by atoms with Crippen LogP contribution < -0.4 is 5.32 Å². The van der Waals surface area contributed by atoms with Crippen LogP contribution >= 0.6 is 0 Å². The number of carbonyl (C=O) groups excluding carboxylic acids is 1. The molecular formula is C8H13NO3. The Hall–Kier alpha value is -1.03. The van der Waals surface area contributed by atoms with Crippen molar-refractivity contribution in [2.75, 3.05) is 20.2 Å². The zero-order chi connectivity index (χ0) is 9.19. The van der Waals surface area contributed by atoms with E-state index in [-0.39, 0.29) is 5.76 Å². The van der Waals surface area contributed by atoms with Gasteiger partial charge in [0.25, 0.3) is 0 Å². The van der Waals surface area contributed by atoms with Gasteiger partial charge in [0.05, 0.1) is 7.11 Å². The molecule has 1 heterocycles. The van der Waals surface area contributed by atoms with Gasteiger partial charge < -0.3 is 15.2 Å². The molecule has 4 nitrogen and oxygen atoms in total. The number of hydrogen-bond acceptors (Lipinski definition) is 4. The molecule has 0 fully saturated rings. The smallest absolute Gasteiger partial charge is 0.320 e. The Bertz CT molecular complexity index is 224. The molecule has 0 bridgehead atoms. The van der Waals surface area contributed by atoms with E-state index in [2.05, 4.69) is 10.1 Å². The van der Waals surface area contributed by atoms with Gasteiger partial charge in [-0.15, -0.1) is 0 Å². The van der Waals surface area contributed by atoms with E-state index in [9.17, 15) is 9.90 Å². The van der Waals surface area contributed by atoms with E-state index < -0.39 is 11.4 Å². The van der Waals surface area contributed by atoms with E-state index in [1.54, 1.807) is 13.0 Å². The third-order valence-corrected chi connectivity index (χ3v) is 2.12. The summed E-state index contributed by atoms with van der Waals surface area (Å²) in [5.41, 5.74) is -0.910. The maximum atomic E-state index is 11.2. The van der Waals surface area contributed by atoms with E-state index in [0.717, 1.165) is 0 Å². The molecule has 0 aromatic carbocycles.